The number of nitrogens with zero attached hydrogens (tertiary/aromatic N) is 3. The number of esters is 1. The van der Waals surface area contributed by atoms with Crippen LogP contribution in [0.25, 0.3) is 56.2 Å². The number of halogens is 4. The topological polar surface area (TPSA) is 132 Å². The second kappa shape index (κ2) is 15.4. The van der Waals surface area contributed by atoms with E-state index >= 15 is 0 Å². The van der Waals surface area contributed by atoms with Gasteiger partial charge in [0.15, 0.2) is 11.2 Å². The Labute approximate surface area is 324 Å². The van der Waals surface area contributed by atoms with Gasteiger partial charge in [-0.05, 0) is 79.8 Å². The average molecular weight is 789 g/mol. The highest BCUT2D eigenvalue weighted by atomic mass is 19.3. The Bertz CT molecular complexity index is 2450. The summed E-state index contributed by atoms with van der Waals surface area (Å²) in [6, 6.07) is 16.9. The minimum atomic E-state index is -3.11. The number of rotatable bonds is 13. The molecule has 2 aromatic heterocycles. The number of alkyl halides is 4. The maximum atomic E-state index is 13.5. The van der Waals surface area contributed by atoms with Crippen molar-refractivity contribution in [1.82, 2.24) is 20.2 Å². The molecule has 2 aliphatic heterocycles. The van der Waals surface area contributed by atoms with E-state index in [1.54, 1.807) is 6.07 Å². The third kappa shape index (κ3) is 7.78. The summed E-state index contributed by atoms with van der Waals surface area (Å²) in [5, 5.41) is 12.7. The van der Waals surface area contributed by atoms with Crippen LogP contribution in [0.4, 0.5) is 17.6 Å². The predicted octanol–water partition coefficient (Wildman–Crippen LogP) is 8.40. The Morgan fingerprint density at radius 1 is 0.860 bits per heavy atom. The summed E-state index contributed by atoms with van der Waals surface area (Å²) < 4.78 is 81.2. The standard InChI is InChI=1S/C42H40F4N4O7/c1-22-26(7-4-9-28(22)37-48-31-13-24(17-50-19-42(3,20-50)21-51)33(56-40(43)44)15-35(31)54-37)27-8-5-10-29(23(27)2)38-49-32-14-25(18-53-39(52)30-11-6-12-47-30)34(57-41(45)46)16-36(32)55-38/h4-5,7-10,13-16,30,40-41,47,51H,6,11-12,17-21H2,1-3H3/t30-/m0/s1. The van der Waals surface area contributed by atoms with Gasteiger partial charge >= 0.3 is 19.2 Å². The van der Waals surface area contributed by atoms with Crippen LogP contribution in [0.5, 0.6) is 11.5 Å². The molecule has 4 heterocycles. The number of nitrogens with one attached hydrogen (secondary N) is 1. The molecule has 0 spiro atoms. The first-order valence-electron chi connectivity index (χ1n) is 18.6. The van der Waals surface area contributed by atoms with Crippen LogP contribution in [0.15, 0.2) is 69.5 Å². The van der Waals surface area contributed by atoms with Gasteiger partial charge in [-0.2, -0.15) is 17.6 Å². The fourth-order valence-electron chi connectivity index (χ4n) is 7.81. The van der Waals surface area contributed by atoms with Gasteiger partial charge in [0.25, 0.3) is 0 Å². The molecule has 298 valence electrons. The number of carbonyl (C=O) groups excluding carboxylic acids is 1. The number of fused-ring (bicyclic) bond motifs is 2. The fraction of sp³-hybridized carbons (Fsp3) is 0.357. The fourth-order valence-corrected chi connectivity index (χ4v) is 7.81. The van der Waals surface area contributed by atoms with Gasteiger partial charge in [-0.3, -0.25) is 9.69 Å². The number of ether oxygens (including phenoxy) is 3. The van der Waals surface area contributed by atoms with Crippen LogP contribution in [0.3, 0.4) is 0 Å². The van der Waals surface area contributed by atoms with Crippen LogP contribution < -0.4 is 14.8 Å². The lowest BCUT2D eigenvalue weighted by Crippen LogP contribution is -2.55. The third-order valence-electron chi connectivity index (χ3n) is 10.7. The maximum absolute atomic E-state index is 13.5. The Morgan fingerprint density at radius 2 is 1.39 bits per heavy atom. The highest BCUT2D eigenvalue weighted by Gasteiger charge is 2.38. The normalized spacial score (nSPS) is 16.8. The molecule has 0 saturated carbocycles. The lowest BCUT2D eigenvalue weighted by molar-refractivity contribution is -0.147. The predicted molar refractivity (Wildman–Crippen MR) is 202 cm³/mol. The van der Waals surface area contributed by atoms with Crippen molar-refractivity contribution in [2.45, 2.75) is 66.0 Å². The van der Waals surface area contributed by atoms with Gasteiger partial charge in [0.2, 0.25) is 11.8 Å². The number of benzene rings is 4. The van der Waals surface area contributed by atoms with E-state index in [2.05, 4.69) is 10.3 Å². The molecular formula is C42H40F4N4O7. The van der Waals surface area contributed by atoms with E-state index in [4.69, 9.17) is 28.0 Å². The van der Waals surface area contributed by atoms with Crippen molar-refractivity contribution >= 4 is 28.2 Å². The minimum absolute atomic E-state index is 0.00390. The quantitative estimate of drug-likeness (QED) is 0.0864. The number of aliphatic hydroxyl groups excluding tert-OH is 1. The van der Waals surface area contributed by atoms with Crippen molar-refractivity contribution in [1.29, 1.82) is 0 Å². The molecule has 1 atom stereocenters. The number of aliphatic hydroxyl groups is 1. The van der Waals surface area contributed by atoms with Gasteiger partial charge in [-0.1, -0.05) is 31.2 Å². The second-order valence-electron chi connectivity index (χ2n) is 15.0. The molecule has 0 unspecified atom stereocenters. The number of likely N-dealkylation sites (tertiary alicyclic amines) is 1. The first-order chi connectivity index (χ1) is 27.4. The van der Waals surface area contributed by atoms with E-state index in [1.807, 2.05) is 62.1 Å². The van der Waals surface area contributed by atoms with Gasteiger partial charge in [0, 0.05) is 59.4 Å². The van der Waals surface area contributed by atoms with Crippen LogP contribution in [0.1, 0.15) is 42.0 Å². The molecule has 2 aliphatic rings. The molecule has 15 heteroatoms. The molecule has 57 heavy (non-hydrogen) atoms. The summed E-state index contributed by atoms with van der Waals surface area (Å²) in [6.07, 6.45) is 1.48. The van der Waals surface area contributed by atoms with Gasteiger partial charge < -0.3 is 33.5 Å². The van der Waals surface area contributed by atoms with Gasteiger partial charge in [0.1, 0.15) is 35.2 Å². The Morgan fingerprint density at radius 3 is 1.89 bits per heavy atom. The van der Waals surface area contributed by atoms with Crippen molar-refractivity contribution in [2.75, 3.05) is 26.2 Å². The van der Waals surface area contributed by atoms with Crippen LogP contribution in [-0.2, 0) is 22.7 Å². The lowest BCUT2D eigenvalue weighted by atomic mass is 9.82. The molecule has 2 saturated heterocycles. The number of carbonyl (C=O) groups is 1. The van der Waals surface area contributed by atoms with Crippen LogP contribution in [-0.4, -0.2) is 71.4 Å². The van der Waals surface area contributed by atoms with Crippen LogP contribution >= 0.6 is 0 Å². The Hall–Kier alpha value is -5.51. The smallest absolute Gasteiger partial charge is 0.387 e. The zero-order valence-electron chi connectivity index (χ0n) is 31.4. The number of aromatic nitrogens is 2. The van der Waals surface area contributed by atoms with E-state index < -0.39 is 25.2 Å². The molecule has 0 amide bonds. The average Bonchev–Trinajstić information content (AvgIpc) is 3.93. The molecule has 4 aromatic carbocycles. The Balaban J connectivity index is 1.09. The zero-order chi connectivity index (χ0) is 40.0. The monoisotopic (exact) mass is 788 g/mol. The maximum Gasteiger partial charge on any atom is 0.387 e. The third-order valence-corrected chi connectivity index (χ3v) is 10.7. The van der Waals surface area contributed by atoms with Crippen molar-refractivity contribution in [2.24, 2.45) is 5.41 Å². The van der Waals surface area contributed by atoms with Gasteiger partial charge in [0.05, 0.1) is 6.61 Å². The molecule has 0 radical (unpaired) electrons. The summed E-state index contributed by atoms with van der Waals surface area (Å²) in [4.78, 5) is 24.0. The molecule has 2 N–H and O–H groups in total. The summed E-state index contributed by atoms with van der Waals surface area (Å²) in [5.74, 6) is -0.0880. The summed E-state index contributed by atoms with van der Waals surface area (Å²) in [6.45, 7) is 1.73. The molecule has 2 fully saturated rings. The molecule has 8 rings (SSSR count). The van der Waals surface area contributed by atoms with E-state index in [9.17, 15) is 27.5 Å². The van der Waals surface area contributed by atoms with Gasteiger partial charge in [-0.25, -0.2) is 9.97 Å². The summed E-state index contributed by atoms with van der Waals surface area (Å²) in [7, 11) is 0. The van der Waals surface area contributed by atoms with E-state index in [0.717, 1.165) is 28.7 Å². The minimum Gasteiger partial charge on any atom is -0.460 e. The first-order valence-corrected chi connectivity index (χ1v) is 18.6. The van der Waals surface area contributed by atoms with E-state index in [0.29, 0.717) is 71.8 Å². The zero-order valence-corrected chi connectivity index (χ0v) is 31.4. The van der Waals surface area contributed by atoms with Crippen molar-refractivity contribution in [3.8, 4) is 45.5 Å². The molecule has 0 aliphatic carbocycles. The van der Waals surface area contributed by atoms with Crippen molar-refractivity contribution in [3.63, 3.8) is 0 Å². The van der Waals surface area contributed by atoms with Crippen molar-refractivity contribution < 1.29 is 50.5 Å². The molecule has 11 nitrogen and oxygen atoms in total. The largest absolute Gasteiger partial charge is 0.460 e. The Kier molecular flexibility index (Phi) is 10.4. The molecular weight excluding hydrogens is 748 g/mol. The number of hydrogen-bond donors (Lipinski definition) is 2. The van der Waals surface area contributed by atoms with Crippen LogP contribution in [0, 0.1) is 19.3 Å². The summed E-state index contributed by atoms with van der Waals surface area (Å²) >= 11 is 0. The lowest BCUT2D eigenvalue weighted by Gasteiger charge is -2.47. The molecule has 6 aromatic rings. The van der Waals surface area contributed by atoms with E-state index in [1.165, 1.54) is 18.2 Å². The second-order valence-corrected chi connectivity index (χ2v) is 15.0. The first kappa shape index (κ1) is 38.4. The highest BCUT2D eigenvalue weighted by molar-refractivity contribution is 5.85. The summed E-state index contributed by atoms with van der Waals surface area (Å²) in [5.41, 5.74) is 6.64. The number of oxazole rings is 2. The van der Waals surface area contributed by atoms with Gasteiger partial charge in [-0.15, -0.1) is 0 Å². The van der Waals surface area contributed by atoms with Crippen molar-refractivity contribution in [3.05, 3.63) is 82.9 Å². The van der Waals surface area contributed by atoms with Crippen LogP contribution in [0.2, 0.25) is 0 Å². The molecule has 0 bridgehead atoms. The SMILES string of the molecule is Cc1c(-c2nc3cc(COC(=O)[C@@H]4CCCN4)c(OC(F)F)cc3o2)cccc1-c1cccc(-c2nc3cc(CN4CC(C)(CO)C4)c(OC(F)F)cc3o2)c1C. The highest BCUT2D eigenvalue weighted by Crippen LogP contribution is 2.40. The van der Waals surface area contributed by atoms with E-state index in [-0.39, 0.29) is 47.2 Å². The number of hydrogen-bond acceptors (Lipinski definition) is 11.